The van der Waals surface area contributed by atoms with E-state index in [1.165, 1.54) is 0 Å². The first-order valence-corrected chi connectivity index (χ1v) is 5.08. The van der Waals surface area contributed by atoms with Crippen LogP contribution in [-0.4, -0.2) is 22.7 Å². The van der Waals surface area contributed by atoms with E-state index < -0.39 is 11.4 Å². The van der Waals surface area contributed by atoms with Gasteiger partial charge in [-0.3, -0.25) is 9.78 Å². The van der Waals surface area contributed by atoms with Gasteiger partial charge in [0.2, 0.25) is 0 Å². The van der Waals surface area contributed by atoms with Crippen molar-refractivity contribution in [2.45, 2.75) is 24.7 Å². The number of pyridine rings is 1. The Balaban J connectivity index is 2.03. The molecule has 15 heavy (non-hydrogen) atoms. The Bertz CT molecular complexity index is 437. The first-order chi connectivity index (χ1) is 7.22. The first kappa shape index (κ1) is 8.71. The number of rotatable bonds is 2. The van der Waals surface area contributed by atoms with Crippen molar-refractivity contribution in [3.8, 4) is 5.75 Å². The van der Waals surface area contributed by atoms with Gasteiger partial charge in [0, 0.05) is 12.0 Å². The van der Waals surface area contributed by atoms with Crippen LogP contribution in [-0.2, 0) is 16.6 Å². The van der Waals surface area contributed by atoms with Crippen LogP contribution in [0.25, 0.3) is 0 Å². The second kappa shape index (κ2) is 2.72. The van der Waals surface area contributed by atoms with Gasteiger partial charge in [-0.1, -0.05) is 0 Å². The third-order valence-electron chi connectivity index (χ3n) is 3.23. The molecule has 1 aliphatic carbocycles. The smallest absolute Gasteiger partial charge is 0.315 e. The lowest BCUT2D eigenvalue weighted by Gasteiger charge is -2.09. The molecule has 0 amide bonds. The summed E-state index contributed by atoms with van der Waals surface area (Å²) in [6.07, 6.45) is 3.92. The van der Waals surface area contributed by atoms with Gasteiger partial charge in [0.1, 0.15) is 11.2 Å². The highest BCUT2D eigenvalue weighted by Crippen LogP contribution is 2.48. The van der Waals surface area contributed by atoms with Gasteiger partial charge >= 0.3 is 5.97 Å². The molecule has 0 radical (unpaired) electrons. The molecule has 0 aromatic carbocycles. The number of carboxylic acids is 1. The van der Waals surface area contributed by atoms with E-state index >= 15 is 0 Å². The summed E-state index contributed by atoms with van der Waals surface area (Å²) in [4.78, 5) is 15.3. The molecule has 1 aromatic rings. The Kier molecular flexibility index (Phi) is 1.58. The van der Waals surface area contributed by atoms with Crippen molar-refractivity contribution in [1.29, 1.82) is 0 Å². The van der Waals surface area contributed by atoms with E-state index in [2.05, 4.69) is 4.98 Å². The van der Waals surface area contributed by atoms with Crippen molar-refractivity contribution in [2.75, 3.05) is 6.61 Å². The van der Waals surface area contributed by atoms with Crippen LogP contribution in [0.4, 0.5) is 0 Å². The summed E-state index contributed by atoms with van der Waals surface area (Å²) in [7, 11) is 0. The lowest BCUT2D eigenvalue weighted by molar-refractivity contribution is -0.140. The highest BCUT2D eigenvalue weighted by molar-refractivity contribution is 5.84. The monoisotopic (exact) mass is 205 g/mol. The third kappa shape index (κ3) is 1.14. The number of carboxylic acid groups (broad SMARTS) is 1. The summed E-state index contributed by atoms with van der Waals surface area (Å²) in [5.74, 6) is 0.0498. The quantitative estimate of drug-likeness (QED) is 0.786. The molecular weight excluding hydrogens is 194 g/mol. The fraction of sp³-hybridized carbons (Fsp3) is 0.455. The average molecular weight is 205 g/mol. The number of nitrogens with zero attached hydrogens (tertiary/aromatic N) is 1. The molecule has 1 N–H and O–H groups in total. The molecule has 0 unspecified atom stereocenters. The maximum absolute atomic E-state index is 11.1. The summed E-state index contributed by atoms with van der Waals surface area (Å²) in [6.45, 7) is 0.681. The van der Waals surface area contributed by atoms with Gasteiger partial charge in [-0.15, -0.1) is 0 Å². The Morgan fingerprint density at radius 1 is 1.53 bits per heavy atom. The summed E-state index contributed by atoms with van der Waals surface area (Å²) in [5, 5.41) is 9.13. The summed E-state index contributed by atoms with van der Waals surface area (Å²) in [5.41, 5.74) is 1.09. The number of hydrogen-bond acceptors (Lipinski definition) is 3. The van der Waals surface area contributed by atoms with E-state index in [0.29, 0.717) is 25.1 Å². The highest BCUT2D eigenvalue weighted by Gasteiger charge is 2.53. The minimum absolute atomic E-state index is 0.681. The Hall–Kier alpha value is -1.58. The van der Waals surface area contributed by atoms with Crippen LogP contribution in [0.5, 0.6) is 5.75 Å². The zero-order chi connectivity index (χ0) is 10.5. The van der Waals surface area contributed by atoms with Crippen LogP contribution in [0.15, 0.2) is 12.3 Å². The molecule has 2 heterocycles. The topological polar surface area (TPSA) is 59.4 Å². The number of aliphatic carboxylic acids is 1. The van der Waals surface area contributed by atoms with Crippen LogP contribution in [0.3, 0.4) is 0 Å². The van der Waals surface area contributed by atoms with Crippen molar-refractivity contribution < 1.29 is 14.6 Å². The second-order valence-electron chi connectivity index (χ2n) is 4.16. The van der Waals surface area contributed by atoms with Crippen LogP contribution in [0, 0.1) is 0 Å². The van der Waals surface area contributed by atoms with E-state index in [1.54, 1.807) is 6.20 Å². The lowest BCUT2D eigenvalue weighted by Crippen LogP contribution is -2.20. The predicted octanol–water partition coefficient (Wildman–Crippen LogP) is 1.13. The van der Waals surface area contributed by atoms with Crippen molar-refractivity contribution in [1.82, 2.24) is 4.98 Å². The van der Waals surface area contributed by atoms with Gasteiger partial charge in [-0.25, -0.2) is 0 Å². The van der Waals surface area contributed by atoms with Gasteiger partial charge in [-0.05, 0) is 18.9 Å². The fourth-order valence-corrected chi connectivity index (χ4v) is 2.05. The SMILES string of the molecule is O=C(O)C1(c2cc3c(cn2)OCC3)CC1. The standard InChI is InChI=1S/C11H11NO3/c13-10(14)11(2-3-11)9-5-7-1-4-15-8(7)6-12-9/h5-6H,1-4H2,(H,13,14). The Labute approximate surface area is 86.9 Å². The molecule has 0 saturated heterocycles. The average Bonchev–Trinajstić information content (AvgIpc) is 2.91. The molecule has 0 bridgehead atoms. The van der Waals surface area contributed by atoms with Crippen molar-refractivity contribution in [3.63, 3.8) is 0 Å². The molecule has 1 saturated carbocycles. The van der Waals surface area contributed by atoms with E-state index in [4.69, 9.17) is 9.84 Å². The number of aromatic nitrogens is 1. The number of carbonyl (C=O) groups is 1. The molecule has 0 spiro atoms. The maximum atomic E-state index is 11.1. The zero-order valence-electron chi connectivity index (χ0n) is 8.19. The molecule has 0 atom stereocenters. The molecule has 2 aliphatic rings. The van der Waals surface area contributed by atoms with E-state index in [9.17, 15) is 4.79 Å². The molecular formula is C11H11NO3. The fourth-order valence-electron chi connectivity index (χ4n) is 2.05. The largest absolute Gasteiger partial charge is 0.491 e. The number of ether oxygens (including phenoxy) is 1. The Morgan fingerprint density at radius 3 is 3.00 bits per heavy atom. The van der Waals surface area contributed by atoms with E-state index in [0.717, 1.165) is 17.7 Å². The molecule has 4 heteroatoms. The minimum atomic E-state index is -0.756. The molecule has 3 rings (SSSR count). The van der Waals surface area contributed by atoms with Gasteiger partial charge in [-0.2, -0.15) is 0 Å². The van der Waals surface area contributed by atoms with E-state index in [-0.39, 0.29) is 0 Å². The van der Waals surface area contributed by atoms with Crippen LogP contribution in [0.1, 0.15) is 24.1 Å². The number of hydrogen-bond donors (Lipinski definition) is 1. The molecule has 1 fully saturated rings. The predicted molar refractivity (Wildman–Crippen MR) is 52.0 cm³/mol. The van der Waals surface area contributed by atoms with Crippen LogP contribution < -0.4 is 4.74 Å². The first-order valence-electron chi connectivity index (χ1n) is 5.08. The summed E-state index contributed by atoms with van der Waals surface area (Å²) < 4.78 is 5.34. The molecule has 78 valence electrons. The van der Waals surface area contributed by atoms with Gasteiger partial charge in [0.25, 0.3) is 0 Å². The van der Waals surface area contributed by atoms with Crippen LogP contribution >= 0.6 is 0 Å². The van der Waals surface area contributed by atoms with Gasteiger partial charge in [0.15, 0.2) is 0 Å². The van der Waals surface area contributed by atoms with E-state index in [1.807, 2.05) is 6.07 Å². The molecule has 1 aliphatic heterocycles. The lowest BCUT2D eigenvalue weighted by atomic mass is 10.00. The summed E-state index contributed by atoms with van der Waals surface area (Å²) >= 11 is 0. The van der Waals surface area contributed by atoms with Crippen LogP contribution in [0.2, 0.25) is 0 Å². The third-order valence-corrected chi connectivity index (χ3v) is 3.23. The second-order valence-corrected chi connectivity index (χ2v) is 4.16. The maximum Gasteiger partial charge on any atom is 0.315 e. The Morgan fingerprint density at radius 2 is 2.33 bits per heavy atom. The highest BCUT2D eigenvalue weighted by atomic mass is 16.5. The zero-order valence-corrected chi connectivity index (χ0v) is 8.19. The molecule has 1 aromatic heterocycles. The normalized spacial score (nSPS) is 20.5. The number of fused-ring (bicyclic) bond motifs is 1. The van der Waals surface area contributed by atoms with Crippen molar-refractivity contribution in [2.24, 2.45) is 0 Å². The minimum Gasteiger partial charge on any atom is -0.491 e. The van der Waals surface area contributed by atoms with Gasteiger partial charge in [0.05, 0.1) is 18.5 Å². The summed E-state index contributed by atoms with van der Waals surface area (Å²) in [6, 6.07) is 1.89. The van der Waals surface area contributed by atoms with Crippen molar-refractivity contribution >= 4 is 5.97 Å². The van der Waals surface area contributed by atoms with Gasteiger partial charge < -0.3 is 9.84 Å². The molecule has 4 nitrogen and oxygen atoms in total. The van der Waals surface area contributed by atoms with Crippen molar-refractivity contribution in [3.05, 3.63) is 23.5 Å².